The van der Waals surface area contributed by atoms with E-state index >= 15 is 0 Å². The maximum Gasteiger partial charge on any atom is 0.224 e. The van der Waals surface area contributed by atoms with Crippen LogP contribution in [0.5, 0.6) is 11.5 Å². The number of carbonyl (C=O) groups excluding carboxylic acids is 1. The van der Waals surface area contributed by atoms with Gasteiger partial charge in [-0.3, -0.25) is 4.79 Å². The molecule has 2 heterocycles. The zero-order valence-corrected chi connectivity index (χ0v) is 16.7. The van der Waals surface area contributed by atoms with Crippen molar-refractivity contribution in [2.24, 2.45) is 0 Å². The monoisotopic (exact) mass is 368 g/mol. The van der Waals surface area contributed by atoms with Crippen LogP contribution in [0.3, 0.4) is 0 Å². The van der Waals surface area contributed by atoms with Crippen LogP contribution in [-0.4, -0.2) is 31.2 Å². The number of amides is 1. The minimum absolute atomic E-state index is 0.0585. The third kappa shape index (κ3) is 4.54. The van der Waals surface area contributed by atoms with Gasteiger partial charge in [0.15, 0.2) is 0 Å². The van der Waals surface area contributed by atoms with E-state index < -0.39 is 0 Å². The molecule has 2 aromatic carbocycles. The summed E-state index contributed by atoms with van der Waals surface area (Å²) < 4.78 is 11.3. The summed E-state index contributed by atoms with van der Waals surface area (Å²) in [4.78, 5) is 13.2. The van der Waals surface area contributed by atoms with E-state index in [4.69, 9.17) is 9.47 Å². The molecule has 0 radical (unpaired) electrons. The maximum atomic E-state index is 11.5. The second-order valence-corrected chi connectivity index (χ2v) is 7.34. The molecule has 27 heavy (non-hydrogen) atoms. The molecule has 1 amide bonds. The van der Waals surface area contributed by atoms with Gasteiger partial charge in [-0.2, -0.15) is 0 Å². The van der Waals surface area contributed by atoms with Crippen molar-refractivity contribution in [2.45, 2.75) is 46.8 Å². The van der Waals surface area contributed by atoms with Crippen LogP contribution in [0.1, 0.15) is 31.9 Å². The fourth-order valence-corrected chi connectivity index (χ4v) is 3.23. The fourth-order valence-electron chi connectivity index (χ4n) is 3.23. The number of hydrogen-bond donors (Lipinski definition) is 1. The average Bonchev–Trinajstić information content (AvgIpc) is 2.60. The quantitative estimate of drug-likeness (QED) is 0.752. The standard InChI is InChI=1S/C12H15NO2.C10H13NO/c1-8-4-5-11-12(6-8)15-9(2)7-13(11)10(3)14;1-7-3-4-9-10(5-7)12-8(2)6-11-9/h4-6,9H,7H2,1-3H3;3-5,8,11H,6H2,1-2H3. The molecule has 2 aliphatic heterocycles. The summed E-state index contributed by atoms with van der Waals surface area (Å²) in [6.07, 6.45) is 0.336. The molecule has 5 heteroatoms. The summed E-state index contributed by atoms with van der Waals surface area (Å²) in [6.45, 7) is 11.2. The van der Waals surface area contributed by atoms with Gasteiger partial charge in [-0.1, -0.05) is 12.1 Å². The van der Waals surface area contributed by atoms with Gasteiger partial charge in [-0.05, 0) is 63.1 Å². The number of anilines is 2. The fraction of sp³-hybridized carbons (Fsp3) is 0.409. The molecular weight excluding hydrogens is 340 g/mol. The molecular formula is C22H28N2O3. The van der Waals surface area contributed by atoms with Crippen LogP contribution in [0.25, 0.3) is 0 Å². The summed E-state index contributed by atoms with van der Waals surface area (Å²) in [6, 6.07) is 12.1. The van der Waals surface area contributed by atoms with Crippen molar-refractivity contribution < 1.29 is 14.3 Å². The summed E-state index contributed by atoms with van der Waals surface area (Å²) >= 11 is 0. The predicted octanol–water partition coefficient (Wildman–Crippen LogP) is 4.32. The number of nitrogens with zero attached hydrogens (tertiary/aromatic N) is 1. The lowest BCUT2D eigenvalue weighted by Gasteiger charge is -2.32. The topological polar surface area (TPSA) is 50.8 Å². The molecule has 2 aromatic rings. The van der Waals surface area contributed by atoms with E-state index in [-0.39, 0.29) is 18.1 Å². The van der Waals surface area contributed by atoms with Gasteiger partial charge in [0.2, 0.25) is 5.91 Å². The van der Waals surface area contributed by atoms with Crippen LogP contribution in [0.2, 0.25) is 0 Å². The van der Waals surface area contributed by atoms with Crippen LogP contribution in [0.15, 0.2) is 36.4 Å². The number of benzene rings is 2. The van der Waals surface area contributed by atoms with E-state index in [2.05, 4.69) is 37.4 Å². The first kappa shape index (κ1) is 19.1. The van der Waals surface area contributed by atoms with Crippen LogP contribution in [0.4, 0.5) is 11.4 Å². The Kier molecular flexibility index (Phi) is 5.59. The number of carbonyl (C=O) groups is 1. The summed E-state index contributed by atoms with van der Waals surface area (Å²) in [5, 5.41) is 3.31. The molecule has 4 rings (SSSR count). The number of fused-ring (bicyclic) bond motifs is 2. The number of aryl methyl sites for hydroxylation is 2. The van der Waals surface area contributed by atoms with Crippen LogP contribution in [-0.2, 0) is 4.79 Å². The van der Waals surface area contributed by atoms with E-state index in [1.807, 2.05) is 32.0 Å². The highest BCUT2D eigenvalue weighted by atomic mass is 16.5. The van der Waals surface area contributed by atoms with Crippen molar-refractivity contribution in [3.8, 4) is 11.5 Å². The Labute approximate surface area is 161 Å². The SMILES string of the molecule is CC(=O)N1CC(C)Oc2cc(C)ccc21.Cc1ccc2c(c1)OC(C)CN2. The lowest BCUT2D eigenvalue weighted by Crippen LogP contribution is -2.41. The van der Waals surface area contributed by atoms with Crippen LogP contribution >= 0.6 is 0 Å². The number of ether oxygens (including phenoxy) is 2. The highest BCUT2D eigenvalue weighted by Crippen LogP contribution is 2.34. The predicted molar refractivity (Wildman–Crippen MR) is 109 cm³/mol. The third-order valence-electron chi connectivity index (χ3n) is 4.60. The Hall–Kier alpha value is -2.69. The minimum Gasteiger partial charge on any atom is -0.487 e. The number of hydrogen-bond acceptors (Lipinski definition) is 4. The molecule has 144 valence electrons. The number of rotatable bonds is 0. The molecule has 0 aromatic heterocycles. The van der Waals surface area contributed by atoms with Gasteiger partial charge in [-0.15, -0.1) is 0 Å². The van der Waals surface area contributed by atoms with E-state index in [9.17, 15) is 4.79 Å². The smallest absolute Gasteiger partial charge is 0.224 e. The normalized spacial score (nSPS) is 20.0. The average molecular weight is 368 g/mol. The highest BCUT2D eigenvalue weighted by molar-refractivity contribution is 5.93. The van der Waals surface area contributed by atoms with Gasteiger partial charge < -0.3 is 19.7 Å². The van der Waals surface area contributed by atoms with Gasteiger partial charge in [0.1, 0.15) is 23.7 Å². The highest BCUT2D eigenvalue weighted by Gasteiger charge is 2.25. The molecule has 0 aliphatic carbocycles. The van der Waals surface area contributed by atoms with Crippen molar-refractivity contribution in [1.82, 2.24) is 0 Å². The van der Waals surface area contributed by atoms with Crippen molar-refractivity contribution in [1.29, 1.82) is 0 Å². The van der Waals surface area contributed by atoms with Crippen LogP contribution < -0.4 is 19.7 Å². The Bertz CT molecular complexity index is 834. The Morgan fingerprint density at radius 3 is 2.33 bits per heavy atom. The number of nitrogens with one attached hydrogen (secondary N) is 1. The van der Waals surface area contributed by atoms with Gasteiger partial charge in [0.25, 0.3) is 0 Å². The van der Waals surface area contributed by atoms with Gasteiger partial charge in [0, 0.05) is 6.92 Å². The summed E-state index contributed by atoms with van der Waals surface area (Å²) in [7, 11) is 0. The lowest BCUT2D eigenvalue weighted by molar-refractivity contribution is -0.117. The van der Waals surface area contributed by atoms with Crippen LogP contribution in [0, 0.1) is 13.8 Å². The Morgan fingerprint density at radius 2 is 1.63 bits per heavy atom. The zero-order chi connectivity index (χ0) is 19.6. The van der Waals surface area contributed by atoms with Gasteiger partial charge >= 0.3 is 0 Å². The minimum atomic E-state index is 0.0585. The van der Waals surface area contributed by atoms with E-state index in [1.54, 1.807) is 11.8 Å². The van der Waals surface area contributed by atoms with Crippen molar-refractivity contribution in [3.05, 3.63) is 47.5 Å². The van der Waals surface area contributed by atoms with Crippen molar-refractivity contribution in [2.75, 3.05) is 23.3 Å². The van der Waals surface area contributed by atoms with Gasteiger partial charge in [0.05, 0.1) is 24.5 Å². The van der Waals surface area contributed by atoms with Crippen molar-refractivity contribution in [3.63, 3.8) is 0 Å². The van der Waals surface area contributed by atoms with Crippen molar-refractivity contribution >= 4 is 17.3 Å². The van der Waals surface area contributed by atoms with E-state index in [0.29, 0.717) is 6.54 Å². The largest absolute Gasteiger partial charge is 0.487 e. The molecule has 2 unspecified atom stereocenters. The van der Waals surface area contributed by atoms with E-state index in [1.165, 1.54) is 5.56 Å². The Morgan fingerprint density at radius 1 is 1.00 bits per heavy atom. The second kappa shape index (κ2) is 7.91. The first-order valence-electron chi connectivity index (χ1n) is 9.40. The molecule has 0 saturated heterocycles. The molecule has 0 saturated carbocycles. The molecule has 1 N–H and O–H groups in total. The molecule has 5 nitrogen and oxygen atoms in total. The van der Waals surface area contributed by atoms with Gasteiger partial charge in [-0.25, -0.2) is 0 Å². The Balaban J connectivity index is 0.000000159. The summed E-state index contributed by atoms with van der Waals surface area (Å²) in [5.41, 5.74) is 4.38. The third-order valence-corrected chi connectivity index (χ3v) is 4.60. The molecule has 0 bridgehead atoms. The molecule has 2 atom stereocenters. The second-order valence-electron chi connectivity index (χ2n) is 7.34. The first-order valence-corrected chi connectivity index (χ1v) is 9.40. The lowest BCUT2D eigenvalue weighted by atomic mass is 10.1. The first-order chi connectivity index (χ1) is 12.8. The molecule has 2 aliphatic rings. The molecule has 0 fully saturated rings. The van der Waals surface area contributed by atoms with E-state index in [0.717, 1.165) is 35.0 Å². The zero-order valence-electron chi connectivity index (χ0n) is 16.7. The summed E-state index contributed by atoms with van der Waals surface area (Å²) in [5.74, 6) is 1.85. The maximum absolute atomic E-state index is 11.5. The molecule has 0 spiro atoms.